The molecule has 1 aliphatic rings. The van der Waals surface area contributed by atoms with Crippen molar-refractivity contribution in [2.45, 2.75) is 71.0 Å². The van der Waals surface area contributed by atoms with Crippen LogP contribution in [-0.4, -0.2) is 18.8 Å². The first-order chi connectivity index (χ1) is 13.9. The van der Waals surface area contributed by atoms with Crippen molar-refractivity contribution >= 4 is 54.4 Å². The Bertz CT molecular complexity index is 820. The second-order valence-electron chi connectivity index (χ2n) is 7.25. The first-order valence-corrected chi connectivity index (χ1v) is 12.1. The molecule has 1 aromatic rings. The number of halogens is 2. The number of aryl methyl sites for hydroxylation is 1. The zero-order valence-corrected chi connectivity index (χ0v) is 19.8. The topological polar surface area (TPSA) is 12.4 Å². The molecule has 0 amide bonds. The fraction of sp³-hybridized carbons (Fsp3) is 0.500. The normalized spacial score (nSPS) is 19.2. The lowest BCUT2D eigenvalue weighted by Gasteiger charge is -2.16. The van der Waals surface area contributed by atoms with Crippen LogP contribution >= 0.6 is 35.9 Å². The van der Waals surface area contributed by atoms with Crippen molar-refractivity contribution in [3.63, 3.8) is 0 Å². The maximum absolute atomic E-state index is 14.8. The average molecular weight is 451 g/mol. The largest absolute Gasteiger partial charge is 0.224 e. The number of unbranched alkanes of at least 4 members (excludes halogenated alkanes) is 4. The van der Waals surface area contributed by atoms with Gasteiger partial charge >= 0.3 is 0 Å². The summed E-state index contributed by atoms with van der Waals surface area (Å²) in [5, 5.41) is -0.245. The molecule has 0 spiro atoms. The molecule has 1 nitrogen and oxygen atoms in total. The van der Waals surface area contributed by atoms with Crippen LogP contribution in [0.25, 0.3) is 4.91 Å². The summed E-state index contributed by atoms with van der Waals surface area (Å²) in [7, 11) is 5.46. The van der Waals surface area contributed by atoms with Gasteiger partial charge in [-0.1, -0.05) is 51.1 Å². The maximum atomic E-state index is 14.8. The number of rotatable bonds is 10. The minimum atomic E-state index is -1.02. The van der Waals surface area contributed by atoms with Crippen LogP contribution in [0.5, 0.6) is 0 Å². The Morgan fingerprint density at radius 3 is 2.55 bits per heavy atom. The molecular formula is C22H28BF2NS3. The van der Waals surface area contributed by atoms with Crippen LogP contribution in [0.2, 0.25) is 0 Å². The highest BCUT2D eigenvalue weighted by atomic mass is 32.2. The summed E-state index contributed by atoms with van der Waals surface area (Å²) in [5.74, 6) is -1.96. The van der Waals surface area contributed by atoms with Gasteiger partial charge in [0, 0.05) is 25.5 Å². The molecular weight excluding hydrogens is 423 g/mol. The molecule has 1 unspecified atom stereocenters. The predicted octanol–water partition coefficient (Wildman–Crippen LogP) is 8.01. The van der Waals surface area contributed by atoms with Crippen molar-refractivity contribution in [1.82, 2.24) is 0 Å². The second-order valence-corrected chi connectivity index (χ2v) is 9.86. The maximum Gasteiger partial charge on any atom is 0.164 e. The third-order valence-electron chi connectivity index (χ3n) is 4.85. The number of thioether (sulfide) groups is 1. The Morgan fingerprint density at radius 2 is 1.90 bits per heavy atom. The number of thiol groups is 1. The van der Waals surface area contributed by atoms with Crippen molar-refractivity contribution < 1.29 is 8.78 Å². The van der Waals surface area contributed by atoms with Gasteiger partial charge in [0.25, 0.3) is 0 Å². The summed E-state index contributed by atoms with van der Waals surface area (Å²) >= 11 is 7.25. The number of nitrogens with zero attached hydrogens (tertiary/aromatic N) is 1. The minimum absolute atomic E-state index is 0.176. The Hall–Kier alpha value is -0.785. The van der Waals surface area contributed by atoms with Crippen molar-refractivity contribution in [3.8, 4) is 0 Å². The van der Waals surface area contributed by atoms with E-state index in [0.717, 1.165) is 11.3 Å². The van der Waals surface area contributed by atoms with E-state index in [1.54, 1.807) is 30.0 Å². The van der Waals surface area contributed by atoms with Gasteiger partial charge in [0.05, 0.1) is 5.71 Å². The van der Waals surface area contributed by atoms with Crippen molar-refractivity contribution in [2.24, 2.45) is 4.40 Å². The number of hydrogen-bond donors (Lipinski definition) is 1. The third kappa shape index (κ3) is 6.86. The minimum Gasteiger partial charge on any atom is -0.224 e. The molecule has 2 radical (unpaired) electrons. The molecule has 1 aromatic heterocycles. The van der Waals surface area contributed by atoms with E-state index in [1.807, 2.05) is 0 Å². The van der Waals surface area contributed by atoms with Gasteiger partial charge in [-0.2, -0.15) is 0 Å². The lowest BCUT2D eigenvalue weighted by atomic mass is 9.94. The van der Waals surface area contributed by atoms with Gasteiger partial charge in [-0.05, 0) is 51.1 Å². The molecule has 0 saturated heterocycles. The zero-order chi connectivity index (χ0) is 21.4. The van der Waals surface area contributed by atoms with E-state index >= 15 is 0 Å². The summed E-state index contributed by atoms with van der Waals surface area (Å²) in [6.45, 7) is 5.21. The fourth-order valence-electron chi connectivity index (χ4n) is 3.22. The highest BCUT2D eigenvalue weighted by Crippen LogP contribution is 2.46. The van der Waals surface area contributed by atoms with Gasteiger partial charge in [0.2, 0.25) is 0 Å². The van der Waals surface area contributed by atoms with Gasteiger partial charge in [0.1, 0.15) is 13.7 Å². The van der Waals surface area contributed by atoms with Gasteiger partial charge in [-0.3, -0.25) is 0 Å². The number of allylic oxidation sites excluding steroid dienone is 4. The van der Waals surface area contributed by atoms with Crippen LogP contribution in [0.3, 0.4) is 0 Å². The van der Waals surface area contributed by atoms with E-state index in [0.29, 0.717) is 12.1 Å². The average Bonchev–Trinajstić information content (AvgIpc) is 3.36. The molecule has 29 heavy (non-hydrogen) atoms. The van der Waals surface area contributed by atoms with E-state index in [2.05, 4.69) is 42.3 Å². The van der Waals surface area contributed by atoms with Crippen LogP contribution in [-0.2, 0) is 6.42 Å². The lowest BCUT2D eigenvalue weighted by molar-refractivity contribution is 0.535. The van der Waals surface area contributed by atoms with Crippen LogP contribution < -0.4 is 0 Å². The Kier molecular flexibility index (Phi) is 10.3. The van der Waals surface area contributed by atoms with Gasteiger partial charge in [0.15, 0.2) is 5.83 Å². The second kappa shape index (κ2) is 12.2. The first kappa shape index (κ1) is 24.5. The van der Waals surface area contributed by atoms with E-state index in [1.165, 1.54) is 48.8 Å². The Morgan fingerprint density at radius 1 is 1.17 bits per heavy atom. The van der Waals surface area contributed by atoms with Gasteiger partial charge in [-0.15, -0.1) is 23.1 Å². The molecule has 0 saturated carbocycles. The molecule has 1 aliphatic heterocycles. The molecule has 0 bridgehead atoms. The van der Waals surface area contributed by atoms with E-state index < -0.39 is 11.7 Å². The van der Waals surface area contributed by atoms with E-state index in [-0.39, 0.29) is 16.3 Å². The molecule has 1 atom stereocenters. The molecule has 2 rings (SSSR count). The molecule has 0 N–H and O–H groups in total. The van der Waals surface area contributed by atoms with Crippen LogP contribution in [0.4, 0.5) is 8.78 Å². The Labute approximate surface area is 188 Å². The molecule has 156 valence electrons. The molecule has 0 aliphatic carbocycles. The van der Waals surface area contributed by atoms with E-state index in [9.17, 15) is 8.78 Å². The fourth-order valence-corrected chi connectivity index (χ4v) is 5.85. The standard InChI is InChI=1S/C22H28BF2NS3/c1-4-5-6-7-8-9-16-10-11-17(28-16)18-12-13-19(29-18)20(15(3)26-27)22(25)21(24)14(2)23/h10-12,19,27H,4-9,13H2,1-3H3/b21-14-,22-20-,26-15?. The monoisotopic (exact) mass is 451 g/mol. The predicted molar refractivity (Wildman–Crippen MR) is 131 cm³/mol. The smallest absolute Gasteiger partial charge is 0.164 e. The van der Waals surface area contributed by atoms with Crippen molar-refractivity contribution in [2.75, 3.05) is 0 Å². The zero-order valence-electron chi connectivity index (χ0n) is 17.3. The summed E-state index contributed by atoms with van der Waals surface area (Å²) < 4.78 is 32.7. The van der Waals surface area contributed by atoms with Gasteiger partial charge in [-0.25, -0.2) is 13.2 Å². The highest BCUT2D eigenvalue weighted by molar-refractivity contribution is 8.09. The summed E-state index contributed by atoms with van der Waals surface area (Å²) in [5.41, 5.74) is 0.421. The lowest BCUT2D eigenvalue weighted by Crippen LogP contribution is -2.13. The highest BCUT2D eigenvalue weighted by Gasteiger charge is 2.29. The number of thiophene rings is 1. The number of hydrogen-bond acceptors (Lipinski definition) is 4. The quantitative estimate of drug-likeness (QED) is 0.125. The van der Waals surface area contributed by atoms with Crippen LogP contribution in [0.1, 0.15) is 69.1 Å². The first-order valence-electron chi connectivity index (χ1n) is 10.1. The van der Waals surface area contributed by atoms with E-state index in [4.69, 9.17) is 7.85 Å². The van der Waals surface area contributed by atoms with Crippen LogP contribution in [0.15, 0.2) is 45.3 Å². The molecule has 0 fully saturated rings. The summed E-state index contributed by atoms with van der Waals surface area (Å²) in [6, 6.07) is 4.32. The summed E-state index contributed by atoms with van der Waals surface area (Å²) in [4.78, 5) is 3.68. The van der Waals surface area contributed by atoms with Crippen LogP contribution in [0, 0.1) is 0 Å². The summed E-state index contributed by atoms with van der Waals surface area (Å²) in [6.07, 6.45) is 10.2. The van der Waals surface area contributed by atoms with Crippen molar-refractivity contribution in [1.29, 1.82) is 0 Å². The van der Waals surface area contributed by atoms with Gasteiger partial charge < -0.3 is 0 Å². The molecule has 0 aromatic carbocycles. The third-order valence-corrected chi connectivity index (χ3v) is 7.82. The SMILES string of the molecule is [B]/C(C)=C(F)/C(F)=C(\C(C)=NS)C1CC=C(c2ccc(CCCCCCC)s2)S1. The Balaban J connectivity index is 2.08. The van der Waals surface area contributed by atoms with Crippen molar-refractivity contribution in [3.05, 3.63) is 50.7 Å². The molecule has 7 heteroatoms. The molecule has 2 heterocycles.